The van der Waals surface area contributed by atoms with Crippen molar-refractivity contribution in [1.82, 2.24) is 0 Å². The molecule has 0 bridgehead atoms. The molecule has 1 aromatic rings. The lowest BCUT2D eigenvalue weighted by molar-refractivity contribution is -0.116. The molecule has 1 N–H and O–H groups in total. The van der Waals surface area contributed by atoms with Crippen LogP contribution in [0.25, 0.3) is 0 Å². The van der Waals surface area contributed by atoms with Gasteiger partial charge in [-0.15, -0.1) is 0 Å². The minimum Gasteiger partial charge on any atom is -0.465 e. The molecule has 102 valence electrons. The number of amides is 1. The molecule has 5 nitrogen and oxygen atoms in total. The van der Waals surface area contributed by atoms with Crippen molar-refractivity contribution in [2.75, 3.05) is 12.4 Å². The average Bonchev–Trinajstić information content (AvgIpc) is 2.37. The zero-order chi connectivity index (χ0) is 14.4. The number of carbonyl (C=O) groups is 3. The molecule has 0 saturated heterocycles. The van der Waals surface area contributed by atoms with E-state index in [0.717, 1.165) is 11.8 Å². The van der Waals surface area contributed by atoms with Gasteiger partial charge in [-0.2, -0.15) is 0 Å². The van der Waals surface area contributed by atoms with E-state index in [1.165, 1.54) is 14.0 Å². The van der Waals surface area contributed by atoms with Gasteiger partial charge in [0, 0.05) is 12.6 Å². The number of benzene rings is 1. The topological polar surface area (TPSA) is 72.5 Å². The minimum absolute atomic E-state index is 0.108. The van der Waals surface area contributed by atoms with Crippen LogP contribution in [-0.2, 0) is 14.3 Å². The Labute approximate surface area is 115 Å². The van der Waals surface area contributed by atoms with Crippen molar-refractivity contribution in [1.29, 1.82) is 0 Å². The second-order valence-corrected chi connectivity index (χ2v) is 5.33. The summed E-state index contributed by atoms with van der Waals surface area (Å²) < 4.78 is 4.57. The van der Waals surface area contributed by atoms with Crippen LogP contribution in [-0.4, -0.2) is 29.4 Å². The first-order valence-electron chi connectivity index (χ1n) is 5.60. The molecule has 6 heteroatoms. The first-order valence-corrected chi connectivity index (χ1v) is 6.48. The first-order chi connectivity index (χ1) is 8.93. The van der Waals surface area contributed by atoms with Crippen LogP contribution in [0.15, 0.2) is 24.3 Å². The van der Waals surface area contributed by atoms with E-state index in [-0.39, 0.29) is 11.0 Å². The molecule has 1 amide bonds. The van der Waals surface area contributed by atoms with Gasteiger partial charge in [-0.25, -0.2) is 4.79 Å². The number of carbonyl (C=O) groups excluding carboxylic acids is 3. The second-order valence-electron chi connectivity index (χ2n) is 3.81. The summed E-state index contributed by atoms with van der Waals surface area (Å²) in [6, 6.07) is 6.33. The van der Waals surface area contributed by atoms with Crippen LogP contribution in [0.4, 0.5) is 5.69 Å². The molecule has 1 atom stereocenters. The Morgan fingerprint density at radius 2 is 1.79 bits per heavy atom. The van der Waals surface area contributed by atoms with Gasteiger partial charge in [0.1, 0.15) is 0 Å². The van der Waals surface area contributed by atoms with E-state index in [1.54, 1.807) is 31.2 Å². The van der Waals surface area contributed by atoms with Crippen molar-refractivity contribution in [3.63, 3.8) is 0 Å². The van der Waals surface area contributed by atoms with Gasteiger partial charge < -0.3 is 10.1 Å². The van der Waals surface area contributed by atoms with Gasteiger partial charge in [-0.3, -0.25) is 9.59 Å². The Hall–Kier alpha value is -1.82. The molecule has 0 aliphatic carbocycles. The summed E-state index contributed by atoms with van der Waals surface area (Å²) in [5, 5.41) is 2.10. The quantitative estimate of drug-likeness (QED) is 0.855. The van der Waals surface area contributed by atoms with Crippen molar-refractivity contribution >= 4 is 34.4 Å². The molecule has 1 aromatic carbocycles. The predicted molar refractivity (Wildman–Crippen MR) is 74.1 cm³/mol. The Morgan fingerprint density at radius 1 is 1.21 bits per heavy atom. The Balaban J connectivity index is 2.65. The summed E-state index contributed by atoms with van der Waals surface area (Å²) in [6.45, 7) is 3.07. The number of rotatable bonds is 4. The van der Waals surface area contributed by atoms with Gasteiger partial charge in [0.15, 0.2) is 5.12 Å². The maximum Gasteiger partial charge on any atom is 0.337 e. The second kappa shape index (κ2) is 6.94. The third-order valence-electron chi connectivity index (χ3n) is 2.29. The van der Waals surface area contributed by atoms with Gasteiger partial charge in [0.05, 0.1) is 17.9 Å². The lowest BCUT2D eigenvalue weighted by atomic mass is 10.2. The van der Waals surface area contributed by atoms with Crippen LogP contribution >= 0.6 is 11.8 Å². The van der Waals surface area contributed by atoms with Crippen molar-refractivity contribution in [3.8, 4) is 0 Å². The highest BCUT2D eigenvalue weighted by molar-refractivity contribution is 8.14. The highest BCUT2D eigenvalue weighted by Gasteiger charge is 2.15. The van der Waals surface area contributed by atoms with Crippen LogP contribution in [0, 0.1) is 0 Å². The molecule has 1 unspecified atom stereocenters. The monoisotopic (exact) mass is 281 g/mol. The van der Waals surface area contributed by atoms with Crippen molar-refractivity contribution < 1.29 is 19.1 Å². The molecule has 0 radical (unpaired) electrons. The normalized spacial score (nSPS) is 11.5. The molecule has 0 saturated carbocycles. The third-order valence-corrected chi connectivity index (χ3v) is 3.19. The number of hydrogen-bond donors (Lipinski definition) is 1. The first kappa shape index (κ1) is 15.2. The molecule has 0 aromatic heterocycles. The summed E-state index contributed by atoms with van der Waals surface area (Å²) >= 11 is 0.968. The van der Waals surface area contributed by atoms with Crippen molar-refractivity contribution in [2.45, 2.75) is 19.1 Å². The zero-order valence-electron chi connectivity index (χ0n) is 10.9. The predicted octanol–water partition coefficient (Wildman–Crippen LogP) is 2.08. The van der Waals surface area contributed by atoms with Crippen LogP contribution < -0.4 is 5.32 Å². The lowest BCUT2D eigenvalue weighted by Crippen LogP contribution is -2.23. The fourth-order valence-electron chi connectivity index (χ4n) is 1.35. The molecule has 0 aliphatic heterocycles. The van der Waals surface area contributed by atoms with Crippen LogP contribution in [0.1, 0.15) is 24.2 Å². The maximum atomic E-state index is 11.7. The van der Waals surface area contributed by atoms with E-state index >= 15 is 0 Å². The maximum absolute atomic E-state index is 11.7. The molecule has 0 fully saturated rings. The number of methoxy groups -OCH3 is 1. The molecule has 0 aliphatic rings. The molecular weight excluding hydrogens is 266 g/mol. The van der Waals surface area contributed by atoms with E-state index in [2.05, 4.69) is 10.1 Å². The van der Waals surface area contributed by atoms with Crippen molar-refractivity contribution in [3.05, 3.63) is 29.8 Å². The SMILES string of the molecule is COC(=O)c1ccc(NC(=O)C(C)SC(C)=O)cc1. The summed E-state index contributed by atoms with van der Waals surface area (Å²) in [6.07, 6.45) is 0. The van der Waals surface area contributed by atoms with Crippen LogP contribution in [0.3, 0.4) is 0 Å². The van der Waals surface area contributed by atoms with Crippen molar-refractivity contribution in [2.24, 2.45) is 0 Å². The minimum atomic E-state index is -0.460. The molecule has 0 spiro atoms. The summed E-state index contributed by atoms with van der Waals surface area (Å²) in [5.74, 6) is -0.690. The Kier molecular flexibility index (Phi) is 5.57. The van der Waals surface area contributed by atoms with Crippen LogP contribution in [0.5, 0.6) is 0 Å². The number of ether oxygens (including phenoxy) is 1. The number of thioether (sulfide) groups is 1. The van der Waals surface area contributed by atoms with Gasteiger partial charge in [-0.1, -0.05) is 11.8 Å². The zero-order valence-corrected chi connectivity index (χ0v) is 11.7. The number of anilines is 1. The van der Waals surface area contributed by atoms with Gasteiger partial charge in [-0.05, 0) is 31.2 Å². The fourth-order valence-corrected chi connectivity index (χ4v) is 2.02. The third kappa shape index (κ3) is 4.75. The fraction of sp³-hybridized carbons (Fsp3) is 0.308. The molecular formula is C13H15NO4S. The lowest BCUT2D eigenvalue weighted by Gasteiger charge is -2.10. The summed E-state index contributed by atoms with van der Waals surface area (Å²) in [7, 11) is 1.30. The number of nitrogens with one attached hydrogen (secondary N) is 1. The Morgan fingerprint density at radius 3 is 2.26 bits per heavy atom. The number of hydrogen-bond acceptors (Lipinski definition) is 5. The standard InChI is InChI=1S/C13H15NO4S/c1-8(19-9(2)15)12(16)14-11-6-4-10(5-7-11)13(17)18-3/h4-8H,1-3H3,(H,14,16). The molecule has 19 heavy (non-hydrogen) atoms. The van der Waals surface area contributed by atoms with E-state index in [9.17, 15) is 14.4 Å². The van der Waals surface area contributed by atoms with E-state index in [1.807, 2.05) is 0 Å². The van der Waals surface area contributed by atoms with E-state index in [4.69, 9.17) is 0 Å². The van der Waals surface area contributed by atoms with Gasteiger partial charge >= 0.3 is 5.97 Å². The van der Waals surface area contributed by atoms with Gasteiger partial charge in [0.25, 0.3) is 0 Å². The molecule has 1 rings (SSSR count). The highest BCUT2D eigenvalue weighted by Crippen LogP contribution is 2.15. The number of esters is 1. The summed E-state index contributed by atoms with van der Waals surface area (Å²) in [4.78, 5) is 33.9. The smallest absolute Gasteiger partial charge is 0.337 e. The summed E-state index contributed by atoms with van der Waals surface area (Å²) in [5.41, 5.74) is 0.973. The Bertz CT molecular complexity index is 484. The van der Waals surface area contributed by atoms with E-state index in [0.29, 0.717) is 11.3 Å². The largest absolute Gasteiger partial charge is 0.465 e. The van der Waals surface area contributed by atoms with Gasteiger partial charge in [0.2, 0.25) is 5.91 Å². The molecule has 0 heterocycles. The average molecular weight is 281 g/mol. The van der Waals surface area contributed by atoms with E-state index < -0.39 is 11.2 Å². The highest BCUT2D eigenvalue weighted by atomic mass is 32.2. The van der Waals surface area contributed by atoms with Crippen LogP contribution in [0.2, 0.25) is 0 Å².